The van der Waals surface area contributed by atoms with Crippen LogP contribution < -0.4 is 10.2 Å². The number of nitrogens with one attached hydrogen (secondary N) is 1. The molecule has 1 unspecified atom stereocenters. The number of anilines is 2. The SMILES string of the molecule is CS(=O)(=O)N1CCC(F)(CNc2ncnc(N3CCCCC3c3ccc(C(F)(F)F)cc3)c2F)CC1. The summed E-state index contributed by atoms with van der Waals surface area (Å²) >= 11 is 0. The van der Waals surface area contributed by atoms with Gasteiger partial charge in [0.1, 0.15) is 12.0 Å². The second-order valence-electron chi connectivity index (χ2n) is 9.35. The Labute approximate surface area is 206 Å². The third kappa shape index (κ3) is 5.88. The monoisotopic (exact) mass is 533 g/mol. The van der Waals surface area contributed by atoms with Gasteiger partial charge in [0.2, 0.25) is 15.8 Å². The smallest absolute Gasteiger partial charge is 0.364 e. The van der Waals surface area contributed by atoms with Crippen molar-refractivity contribution in [3.05, 3.63) is 47.5 Å². The molecule has 1 aromatic heterocycles. The van der Waals surface area contributed by atoms with Crippen molar-refractivity contribution in [3.8, 4) is 0 Å². The van der Waals surface area contributed by atoms with Crippen molar-refractivity contribution >= 4 is 21.7 Å². The number of hydrogen-bond acceptors (Lipinski definition) is 6. The number of alkyl halides is 4. The first-order valence-electron chi connectivity index (χ1n) is 11.7. The lowest BCUT2D eigenvalue weighted by Gasteiger charge is -2.37. The second kappa shape index (κ2) is 10.1. The van der Waals surface area contributed by atoms with Gasteiger partial charge in [0.15, 0.2) is 11.6 Å². The van der Waals surface area contributed by atoms with Gasteiger partial charge in [-0.15, -0.1) is 0 Å². The first-order valence-corrected chi connectivity index (χ1v) is 13.5. The third-order valence-electron chi connectivity index (χ3n) is 6.83. The number of benzene rings is 1. The van der Waals surface area contributed by atoms with E-state index in [1.54, 1.807) is 4.90 Å². The lowest BCUT2D eigenvalue weighted by Crippen LogP contribution is -2.47. The fourth-order valence-electron chi connectivity index (χ4n) is 4.75. The molecule has 36 heavy (non-hydrogen) atoms. The third-order valence-corrected chi connectivity index (χ3v) is 8.13. The van der Waals surface area contributed by atoms with Gasteiger partial charge in [-0.2, -0.15) is 17.6 Å². The van der Waals surface area contributed by atoms with E-state index in [0.29, 0.717) is 18.5 Å². The molecule has 0 saturated carbocycles. The van der Waals surface area contributed by atoms with Crippen molar-refractivity contribution in [2.24, 2.45) is 0 Å². The van der Waals surface area contributed by atoms with Gasteiger partial charge >= 0.3 is 6.18 Å². The van der Waals surface area contributed by atoms with Crippen molar-refractivity contribution in [2.45, 2.75) is 50.0 Å². The van der Waals surface area contributed by atoms with E-state index in [2.05, 4.69) is 15.3 Å². The van der Waals surface area contributed by atoms with Gasteiger partial charge in [0.05, 0.1) is 24.4 Å². The average molecular weight is 534 g/mol. The molecule has 2 aromatic rings. The highest BCUT2D eigenvalue weighted by Crippen LogP contribution is 2.38. The van der Waals surface area contributed by atoms with E-state index in [-0.39, 0.29) is 50.2 Å². The molecule has 0 bridgehead atoms. The van der Waals surface area contributed by atoms with Gasteiger partial charge in [0.25, 0.3) is 0 Å². The fraction of sp³-hybridized carbons (Fsp3) is 0.565. The maximum absolute atomic E-state index is 15.5. The highest BCUT2D eigenvalue weighted by atomic mass is 32.2. The first kappa shape index (κ1) is 26.5. The summed E-state index contributed by atoms with van der Waals surface area (Å²) in [7, 11) is -3.40. The van der Waals surface area contributed by atoms with Gasteiger partial charge in [-0.3, -0.25) is 0 Å². The summed E-state index contributed by atoms with van der Waals surface area (Å²) in [4.78, 5) is 9.73. The summed E-state index contributed by atoms with van der Waals surface area (Å²) in [6.07, 6.45) is -0.0728. The van der Waals surface area contributed by atoms with E-state index in [0.717, 1.165) is 37.6 Å². The molecule has 1 aromatic carbocycles. The van der Waals surface area contributed by atoms with Crippen LogP contribution in [0.1, 0.15) is 49.3 Å². The highest BCUT2D eigenvalue weighted by Gasteiger charge is 2.38. The molecule has 2 aliphatic heterocycles. The number of piperidine rings is 2. The Hall–Kier alpha value is -2.54. The van der Waals surface area contributed by atoms with Crippen molar-refractivity contribution < 1.29 is 30.4 Å². The lowest BCUT2D eigenvalue weighted by molar-refractivity contribution is -0.137. The molecule has 0 radical (unpaired) electrons. The molecule has 4 rings (SSSR count). The summed E-state index contributed by atoms with van der Waals surface area (Å²) in [5, 5.41) is 2.71. The molecule has 0 amide bonds. The van der Waals surface area contributed by atoms with Crippen LogP contribution in [0.5, 0.6) is 0 Å². The van der Waals surface area contributed by atoms with Crippen LogP contribution in [-0.4, -0.2) is 60.8 Å². The van der Waals surface area contributed by atoms with E-state index in [4.69, 9.17) is 0 Å². The highest BCUT2D eigenvalue weighted by molar-refractivity contribution is 7.88. The predicted octanol–water partition coefficient (Wildman–Crippen LogP) is 4.54. The van der Waals surface area contributed by atoms with Crippen LogP contribution >= 0.6 is 0 Å². The van der Waals surface area contributed by atoms with Crippen molar-refractivity contribution in [2.75, 3.05) is 42.7 Å². The zero-order valence-electron chi connectivity index (χ0n) is 19.7. The molecule has 3 heterocycles. The van der Waals surface area contributed by atoms with Gasteiger partial charge in [0, 0.05) is 19.6 Å². The molecule has 1 N–H and O–H groups in total. The Morgan fingerprint density at radius 1 is 1.08 bits per heavy atom. The van der Waals surface area contributed by atoms with E-state index in [1.165, 1.54) is 16.4 Å². The van der Waals surface area contributed by atoms with Gasteiger partial charge in [-0.25, -0.2) is 27.1 Å². The number of aromatic nitrogens is 2. The molecule has 2 saturated heterocycles. The standard InChI is InChI=1S/C23H28F5N5O2S/c1-36(34,35)32-12-9-22(25,10-13-32)14-29-20-19(24)21(31-15-30-20)33-11-3-2-4-18(33)16-5-7-17(8-6-16)23(26,27)28/h5-8,15,18H,2-4,9-14H2,1H3,(H,29,30,31). The van der Waals surface area contributed by atoms with Crippen LogP contribution in [0.15, 0.2) is 30.6 Å². The summed E-state index contributed by atoms with van der Waals surface area (Å²) in [5.41, 5.74) is -1.86. The molecular formula is C23H28F5N5O2S. The normalized spacial score (nSPS) is 21.4. The zero-order valence-corrected chi connectivity index (χ0v) is 20.5. The first-order chi connectivity index (χ1) is 16.9. The number of rotatable bonds is 6. The van der Waals surface area contributed by atoms with E-state index >= 15 is 8.78 Å². The predicted molar refractivity (Wildman–Crippen MR) is 125 cm³/mol. The molecular weight excluding hydrogens is 505 g/mol. The molecule has 0 spiro atoms. The van der Waals surface area contributed by atoms with Crippen LogP contribution in [0.2, 0.25) is 0 Å². The minimum atomic E-state index is -4.45. The minimum absolute atomic E-state index is 0.00287. The van der Waals surface area contributed by atoms with E-state index in [1.807, 2.05) is 0 Å². The Morgan fingerprint density at radius 2 is 1.75 bits per heavy atom. The van der Waals surface area contributed by atoms with E-state index < -0.39 is 33.2 Å². The Kier molecular flexibility index (Phi) is 7.42. The van der Waals surface area contributed by atoms with Crippen LogP contribution in [0.4, 0.5) is 33.6 Å². The fourth-order valence-corrected chi connectivity index (χ4v) is 5.59. The number of nitrogens with zero attached hydrogens (tertiary/aromatic N) is 4. The summed E-state index contributed by atoms with van der Waals surface area (Å²) < 4.78 is 94.2. The van der Waals surface area contributed by atoms with Crippen LogP contribution in [0, 0.1) is 5.82 Å². The summed E-state index contributed by atoms with van der Waals surface area (Å²) in [6.45, 7) is 0.280. The van der Waals surface area contributed by atoms with Crippen LogP contribution in [0.25, 0.3) is 0 Å². The summed E-state index contributed by atoms with van der Waals surface area (Å²) in [6, 6.07) is 4.47. The quantitative estimate of drug-likeness (QED) is 0.550. The van der Waals surface area contributed by atoms with Crippen molar-refractivity contribution in [1.29, 1.82) is 0 Å². The molecule has 2 aliphatic rings. The number of sulfonamides is 1. The van der Waals surface area contributed by atoms with E-state index in [9.17, 15) is 21.6 Å². The maximum atomic E-state index is 15.5. The molecule has 7 nitrogen and oxygen atoms in total. The topological polar surface area (TPSA) is 78.4 Å². The molecule has 0 aliphatic carbocycles. The van der Waals surface area contributed by atoms with Gasteiger partial charge < -0.3 is 10.2 Å². The Morgan fingerprint density at radius 3 is 2.36 bits per heavy atom. The summed E-state index contributed by atoms with van der Waals surface area (Å²) in [5.74, 6) is -0.954. The van der Waals surface area contributed by atoms with Crippen molar-refractivity contribution in [3.63, 3.8) is 0 Å². The number of halogens is 5. The molecule has 198 valence electrons. The molecule has 2 fully saturated rings. The van der Waals surface area contributed by atoms with Crippen LogP contribution in [0.3, 0.4) is 0 Å². The largest absolute Gasteiger partial charge is 0.416 e. The zero-order chi connectivity index (χ0) is 26.1. The Bertz CT molecular complexity index is 1170. The van der Waals surface area contributed by atoms with Crippen molar-refractivity contribution in [1.82, 2.24) is 14.3 Å². The minimum Gasteiger partial charge on any atom is -0.364 e. The number of hydrogen-bond donors (Lipinski definition) is 1. The maximum Gasteiger partial charge on any atom is 0.416 e. The average Bonchev–Trinajstić information content (AvgIpc) is 2.83. The lowest BCUT2D eigenvalue weighted by atomic mass is 9.94. The van der Waals surface area contributed by atoms with Crippen LogP contribution in [-0.2, 0) is 16.2 Å². The van der Waals surface area contributed by atoms with Gasteiger partial charge in [-0.05, 0) is 49.8 Å². The molecule has 1 atom stereocenters. The Balaban J connectivity index is 1.49. The van der Waals surface area contributed by atoms with Gasteiger partial charge in [-0.1, -0.05) is 12.1 Å². The second-order valence-corrected chi connectivity index (χ2v) is 11.3. The molecule has 13 heteroatoms.